The van der Waals surface area contributed by atoms with Crippen molar-refractivity contribution in [3.8, 4) is 6.07 Å². The van der Waals surface area contributed by atoms with Gasteiger partial charge in [-0.15, -0.1) is 0 Å². The smallest absolute Gasteiger partial charge is 0.0869 e. The zero-order valence-corrected chi connectivity index (χ0v) is 10.3. The molecule has 1 saturated heterocycles. The van der Waals surface area contributed by atoms with Crippen molar-refractivity contribution < 1.29 is 0 Å². The Kier molecular flexibility index (Phi) is 4.13. The lowest BCUT2D eigenvalue weighted by molar-refractivity contribution is 0.0896. The predicted molar refractivity (Wildman–Crippen MR) is 68.4 cm³/mol. The van der Waals surface area contributed by atoms with Gasteiger partial charge in [0.25, 0.3) is 0 Å². The van der Waals surface area contributed by atoms with Crippen molar-refractivity contribution >= 4 is 0 Å². The molecule has 90 valence electrons. The number of benzene rings is 1. The first-order valence-electron chi connectivity index (χ1n) is 6.17. The first-order valence-corrected chi connectivity index (χ1v) is 6.17. The monoisotopic (exact) mass is 229 g/mol. The number of piperazine rings is 1. The summed E-state index contributed by atoms with van der Waals surface area (Å²) < 4.78 is 0. The van der Waals surface area contributed by atoms with Crippen LogP contribution >= 0.6 is 0 Å². The molecule has 1 atom stereocenters. The minimum absolute atomic E-state index is 0.479. The van der Waals surface area contributed by atoms with E-state index in [9.17, 15) is 0 Å². The molecule has 0 aromatic heterocycles. The average Bonchev–Trinajstić information content (AvgIpc) is 2.34. The maximum Gasteiger partial charge on any atom is 0.0869 e. The first-order chi connectivity index (χ1) is 8.29. The van der Waals surface area contributed by atoms with Crippen molar-refractivity contribution in [3.05, 3.63) is 35.9 Å². The molecular formula is C14H19N3. The van der Waals surface area contributed by atoms with E-state index < -0.39 is 0 Å². The molecule has 0 N–H and O–H groups in total. The highest BCUT2D eigenvalue weighted by Gasteiger charge is 2.22. The van der Waals surface area contributed by atoms with Gasteiger partial charge in [-0.2, -0.15) is 5.26 Å². The zero-order chi connectivity index (χ0) is 12.1. The fourth-order valence-electron chi connectivity index (χ4n) is 2.38. The third-order valence-corrected chi connectivity index (χ3v) is 3.37. The summed E-state index contributed by atoms with van der Waals surface area (Å²) >= 11 is 0. The SMILES string of the molecule is CC1CN(Cc2ccccc2)CCN1CC#N. The number of nitriles is 1. The van der Waals surface area contributed by atoms with E-state index in [0.29, 0.717) is 12.6 Å². The molecule has 0 aliphatic carbocycles. The van der Waals surface area contributed by atoms with Gasteiger partial charge < -0.3 is 0 Å². The van der Waals surface area contributed by atoms with Crippen LogP contribution in [0.2, 0.25) is 0 Å². The Bertz CT molecular complexity index is 382. The molecule has 0 amide bonds. The second kappa shape index (κ2) is 5.81. The van der Waals surface area contributed by atoms with Gasteiger partial charge in [0.05, 0.1) is 12.6 Å². The molecule has 0 saturated carbocycles. The quantitative estimate of drug-likeness (QED) is 0.739. The van der Waals surface area contributed by atoms with Gasteiger partial charge in [-0.25, -0.2) is 0 Å². The number of hydrogen-bond donors (Lipinski definition) is 0. The average molecular weight is 229 g/mol. The van der Waals surface area contributed by atoms with Crippen molar-refractivity contribution in [2.75, 3.05) is 26.2 Å². The van der Waals surface area contributed by atoms with Crippen molar-refractivity contribution in [1.29, 1.82) is 5.26 Å². The molecule has 3 nitrogen and oxygen atoms in total. The maximum atomic E-state index is 8.73. The van der Waals surface area contributed by atoms with Gasteiger partial charge >= 0.3 is 0 Å². The summed E-state index contributed by atoms with van der Waals surface area (Å²) in [5, 5.41) is 8.73. The van der Waals surface area contributed by atoms with E-state index in [1.807, 2.05) is 0 Å². The fourth-order valence-corrected chi connectivity index (χ4v) is 2.38. The Hall–Kier alpha value is -1.37. The Labute approximate surface area is 103 Å². The molecule has 3 heteroatoms. The first kappa shape index (κ1) is 12.1. The molecule has 1 heterocycles. The van der Waals surface area contributed by atoms with E-state index in [1.165, 1.54) is 5.56 Å². The van der Waals surface area contributed by atoms with Crippen LogP contribution in [0.5, 0.6) is 0 Å². The van der Waals surface area contributed by atoms with Gasteiger partial charge in [0, 0.05) is 32.2 Å². The van der Waals surface area contributed by atoms with Gasteiger partial charge in [-0.05, 0) is 12.5 Å². The van der Waals surface area contributed by atoms with Crippen LogP contribution in [0.1, 0.15) is 12.5 Å². The molecule has 0 radical (unpaired) electrons. The second-order valence-corrected chi connectivity index (χ2v) is 4.70. The van der Waals surface area contributed by atoms with E-state index in [4.69, 9.17) is 5.26 Å². The maximum absolute atomic E-state index is 8.73. The van der Waals surface area contributed by atoms with Crippen LogP contribution in [0.4, 0.5) is 0 Å². The van der Waals surface area contributed by atoms with Crippen LogP contribution in [0.15, 0.2) is 30.3 Å². The summed E-state index contributed by atoms with van der Waals surface area (Å²) in [4.78, 5) is 4.72. The van der Waals surface area contributed by atoms with E-state index in [0.717, 1.165) is 26.2 Å². The van der Waals surface area contributed by atoms with Gasteiger partial charge in [0.1, 0.15) is 0 Å². The van der Waals surface area contributed by atoms with Crippen LogP contribution in [0, 0.1) is 11.3 Å². The Morgan fingerprint density at radius 1 is 1.29 bits per heavy atom. The van der Waals surface area contributed by atoms with Crippen molar-refractivity contribution in [2.45, 2.75) is 19.5 Å². The lowest BCUT2D eigenvalue weighted by Crippen LogP contribution is -2.51. The molecule has 1 fully saturated rings. The normalized spacial score (nSPS) is 22.2. The minimum Gasteiger partial charge on any atom is -0.296 e. The molecule has 1 aromatic carbocycles. The summed E-state index contributed by atoms with van der Waals surface area (Å²) in [6.45, 7) is 6.89. The van der Waals surface area contributed by atoms with Gasteiger partial charge in [-0.3, -0.25) is 9.80 Å². The summed E-state index contributed by atoms with van der Waals surface area (Å²) in [7, 11) is 0. The third-order valence-electron chi connectivity index (χ3n) is 3.37. The number of nitrogens with zero attached hydrogens (tertiary/aromatic N) is 3. The summed E-state index contributed by atoms with van der Waals surface area (Å²) in [5.74, 6) is 0. The molecule has 1 aliphatic rings. The van der Waals surface area contributed by atoms with Crippen molar-refractivity contribution in [3.63, 3.8) is 0 Å². The largest absolute Gasteiger partial charge is 0.296 e. The van der Waals surface area contributed by atoms with Crippen LogP contribution in [-0.4, -0.2) is 42.0 Å². The van der Waals surface area contributed by atoms with Gasteiger partial charge in [-0.1, -0.05) is 30.3 Å². The molecule has 1 unspecified atom stereocenters. The fraction of sp³-hybridized carbons (Fsp3) is 0.500. The van der Waals surface area contributed by atoms with E-state index in [2.05, 4.69) is 53.1 Å². The standard InChI is InChI=1S/C14H19N3/c1-13-11-16(9-10-17(13)8-7-15)12-14-5-3-2-4-6-14/h2-6,13H,8-12H2,1H3. The molecule has 0 spiro atoms. The Morgan fingerprint density at radius 2 is 2.06 bits per heavy atom. The Balaban J connectivity index is 1.88. The second-order valence-electron chi connectivity index (χ2n) is 4.70. The molecule has 1 aliphatic heterocycles. The van der Waals surface area contributed by atoms with Crippen LogP contribution in [-0.2, 0) is 6.54 Å². The lowest BCUT2D eigenvalue weighted by Gasteiger charge is -2.38. The summed E-state index contributed by atoms with van der Waals surface area (Å²) in [6.07, 6.45) is 0. The van der Waals surface area contributed by atoms with Crippen molar-refractivity contribution in [2.24, 2.45) is 0 Å². The topological polar surface area (TPSA) is 30.3 Å². The van der Waals surface area contributed by atoms with E-state index >= 15 is 0 Å². The highest BCUT2D eigenvalue weighted by atomic mass is 15.3. The number of hydrogen-bond acceptors (Lipinski definition) is 3. The van der Waals surface area contributed by atoms with Crippen LogP contribution in [0.25, 0.3) is 0 Å². The predicted octanol–water partition coefficient (Wildman–Crippen LogP) is 1.72. The number of rotatable bonds is 3. The third kappa shape index (κ3) is 3.29. The molecule has 2 rings (SSSR count). The zero-order valence-electron chi connectivity index (χ0n) is 10.3. The highest BCUT2D eigenvalue weighted by Crippen LogP contribution is 2.12. The lowest BCUT2D eigenvalue weighted by atomic mass is 10.1. The van der Waals surface area contributed by atoms with E-state index in [-0.39, 0.29) is 0 Å². The molecule has 0 bridgehead atoms. The summed E-state index contributed by atoms with van der Waals surface area (Å²) in [5.41, 5.74) is 1.37. The van der Waals surface area contributed by atoms with E-state index in [1.54, 1.807) is 0 Å². The van der Waals surface area contributed by atoms with Crippen LogP contribution < -0.4 is 0 Å². The minimum atomic E-state index is 0.479. The van der Waals surface area contributed by atoms with Gasteiger partial charge in [0.2, 0.25) is 0 Å². The molecule has 1 aromatic rings. The highest BCUT2D eigenvalue weighted by molar-refractivity contribution is 5.14. The van der Waals surface area contributed by atoms with Gasteiger partial charge in [0.15, 0.2) is 0 Å². The summed E-state index contributed by atoms with van der Waals surface area (Å²) in [6, 6.07) is 13.3. The molecule has 17 heavy (non-hydrogen) atoms. The molecular weight excluding hydrogens is 210 g/mol. The Morgan fingerprint density at radius 3 is 2.71 bits per heavy atom. The van der Waals surface area contributed by atoms with Crippen LogP contribution in [0.3, 0.4) is 0 Å². The van der Waals surface area contributed by atoms with Crippen molar-refractivity contribution in [1.82, 2.24) is 9.80 Å².